The molecule has 1 aliphatic rings. The van der Waals surface area contributed by atoms with E-state index in [1.54, 1.807) is 6.08 Å². The Morgan fingerprint density at radius 3 is 2.83 bits per heavy atom. The van der Waals surface area contributed by atoms with Crippen LogP contribution in [0.1, 0.15) is 32.6 Å². The van der Waals surface area contributed by atoms with Gasteiger partial charge in [0.15, 0.2) is 0 Å². The molecule has 0 radical (unpaired) electrons. The highest BCUT2D eigenvalue weighted by Gasteiger charge is 2.23. The van der Waals surface area contributed by atoms with Crippen molar-refractivity contribution in [2.75, 3.05) is 13.2 Å². The monoisotopic (exact) mass is 255 g/mol. The molecule has 18 heavy (non-hydrogen) atoms. The van der Waals surface area contributed by atoms with Crippen LogP contribution < -0.4 is 5.32 Å². The second-order valence-corrected chi connectivity index (χ2v) is 4.43. The Hall–Kier alpha value is -1.36. The molecule has 0 aromatic rings. The average Bonchev–Trinajstić information content (AvgIpc) is 2.35. The van der Waals surface area contributed by atoms with Crippen LogP contribution in [0.3, 0.4) is 0 Å². The summed E-state index contributed by atoms with van der Waals surface area (Å²) >= 11 is 0. The van der Waals surface area contributed by atoms with Gasteiger partial charge < -0.3 is 14.8 Å². The Bertz CT molecular complexity index is 295. The van der Waals surface area contributed by atoms with E-state index in [1.807, 2.05) is 0 Å². The lowest BCUT2D eigenvalue weighted by atomic mass is 10.1. The maximum Gasteiger partial charge on any atom is 0.302 e. The lowest BCUT2D eigenvalue weighted by molar-refractivity contribution is -0.147. The Balaban J connectivity index is 2.16. The van der Waals surface area contributed by atoms with E-state index in [1.165, 1.54) is 6.92 Å². The van der Waals surface area contributed by atoms with Crippen molar-refractivity contribution in [3.8, 4) is 0 Å². The summed E-state index contributed by atoms with van der Waals surface area (Å²) < 4.78 is 10.4. The van der Waals surface area contributed by atoms with Gasteiger partial charge in [-0.2, -0.15) is 0 Å². The fraction of sp³-hybridized carbons (Fsp3) is 0.692. The van der Waals surface area contributed by atoms with Crippen molar-refractivity contribution >= 4 is 11.9 Å². The molecule has 1 fully saturated rings. The number of amides is 1. The first-order valence-corrected chi connectivity index (χ1v) is 6.27. The van der Waals surface area contributed by atoms with Gasteiger partial charge in [-0.1, -0.05) is 6.08 Å². The number of allylic oxidation sites excluding steroid dienone is 1. The van der Waals surface area contributed by atoms with Crippen LogP contribution in [0, 0.1) is 0 Å². The third-order valence-electron chi connectivity index (χ3n) is 2.78. The van der Waals surface area contributed by atoms with E-state index in [9.17, 15) is 9.59 Å². The van der Waals surface area contributed by atoms with Crippen LogP contribution in [0.5, 0.6) is 0 Å². The van der Waals surface area contributed by atoms with Crippen LogP contribution in [0.2, 0.25) is 0 Å². The van der Waals surface area contributed by atoms with Gasteiger partial charge in [0.05, 0.1) is 18.8 Å². The highest BCUT2D eigenvalue weighted by molar-refractivity contribution is 5.76. The summed E-state index contributed by atoms with van der Waals surface area (Å²) in [7, 11) is 0. The summed E-state index contributed by atoms with van der Waals surface area (Å²) in [5.41, 5.74) is 0. The molecule has 0 aromatic heterocycles. The van der Waals surface area contributed by atoms with Crippen molar-refractivity contribution < 1.29 is 19.1 Å². The second kappa shape index (κ2) is 7.87. The van der Waals surface area contributed by atoms with E-state index in [0.717, 1.165) is 12.8 Å². The first kappa shape index (κ1) is 14.7. The molecular formula is C13H21NO4. The maximum atomic E-state index is 11.5. The van der Waals surface area contributed by atoms with E-state index in [0.29, 0.717) is 26.1 Å². The van der Waals surface area contributed by atoms with Crippen molar-refractivity contribution in [2.45, 2.75) is 44.8 Å². The SMILES string of the molecule is C=CCCC(=O)N[C@@H]1CC[C@H](COC(C)=O)OC1. The predicted molar refractivity (Wildman–Crippen MR) is 67.0 cm³/mol. The second-order valence-electron chi connectivity index (χ2n) is 4.43. The molecule has 2 atom stereocenters. The molecule has 1 rings (SSSR count). The molecule has 1 heterocycles. The molecule has 0 unspecified atom stereocenters. The van der Waals surface area contributed by atoms with Crippen LogP contribution in [0.25, 0.3) is 0 Å². The number of rotatable bonds is 6. The molecule has 1 amide bonds. The van der Waals surface area contributed by atoms with Gasteiger partial charge in [0.1, 0.15) is 6.61 Å². The van der Waals surface area contributed by atoms with Gasteiger partial charge in [0.25, 0.3) is 0 Å². The van der Waals surface area contributed by atoms with Crippen molar-refractivity contribution in [1.29, 1.82) is 0 Å². The maximum absolute atomic E-state index is 11.5. The lowest BCUT2D eigenvalue weighted by Gasteiger charge is -2.29. The third kappa shape index (κ3) is 5.82. The highest BCUT2D eigenvalue weighted by atomic mass is 16.6. The van der Waals surface area contributed by atoms with E-state index in [4.69, 9.17) is 9.47 Å². The van der Waals surface area contributed by atoms with Crippen LogP contribution in [-0.2, 0) is 19.1 Å². The zero-order valence-electron chi connectivity index (χ0n) is 10.8. The van der Waals surface area contributed by atoms with Gasteiger partial charge in [-0.25, -0.2) is 0 Å². The van der Waals surface area contributed by atoms with Gasteiger partial charge in [-0.3, -0.25) is 9.59 Å². The first-order valence-electron chi connectivity index (χ1n) is 6.27. The minimum absolute atomic E-state index is 0.0296. The molecule has 1 saturated heterocycles. The molecule has 0 aliphatic carbocycles. The van der Waals surface area contributed by atoms with Crippen molar-refractivity contribution in [3.05, 3.63) is 12.7 Å². The number of carbonyl (C=O) groups is 2. The summed E-state index contributed by atoms with van der Waals surface area (Å²) in [6.45, 7) is 5.73. The topological polar surface area (TPSA) is 64.6 Å². The van der Waals surface area contributed by atoms with Crippen molar-refractivity contribution in [2.24, 2.45) is 0 Å². The number of nitrogens with one attached hydrogen (secondary N) is 1. The van der Waals surface area contributed by atoms with Crippen molar-refractivity contribution in [3.63, 3.8) is 0 Å². The Morgan fingerprint density at radius 2 is 2.28 bits per heavy atom. The van der Waals surface area contributed by atoms with E-state index in [-0.39, 0.29) is 24.0 Å². The van der Waals surface area contributed by atoms with Crippen LogP contribution in [-0.4, -0.2) is 37.2 Å². The molecule has 0 aromatic carbocycles. The molecule has 102 valence electrons. The Morgan fingerprint density at radius 1 is 1.50 bits per heavy atom. The number of hydrogen-bond donors (Lipinski definition) is 1. The predicted octanol–water partition coefficient (Wildman–Crippen LogP) is 1.18. The van der Waals surface area contributed by atoms with Crippen LogP contribution in [0.15, 0.2) is 12.7 Å². The van der Waals surface area contributed by atoms with E-state index < -0.39 is 0 Å². The third-order valence-corrected chi connectivity index (χ3v) is 2.78. The summed E-state index contributed by atoms with van der Waals surface area (Å²) in [5.74, 6) is -0.264. The summed E-state index contributed by atoms with van der Waals surface area (Å²) in [5, 5.41) is 2.92. The fourth-order valence-electron chi connectivity index (χ4n) is 1.79. The van der Waals surface area contributed by atoms with E-state index in [2.05, 4.69) is 11.9 Å². The smallest absolute Gasteiger partial charge is 0.302 e. The van der Waals surface area contributed by atoms with Gasteiger partial charge in [0, 0.05) is 13.3 Å². The quantitative estimate of drug-likeness (QED) is 0.572. The highest BCUT2D eigenvalue weighted by Crippen LogP contribution is 2.14. The molecule has 5 nitrogen and oxygen atoms in total. The van der Waals surface area contributed by atoms with Gasteiger partial charge in [-0.05, 0) is 19.3 Å². The zero-order chi connectivity index (χ0) is 13.4. The largest absolute Gasteiger partial charge is 0.463 e. The van der Waals surface area contributed by atoms with Gasteiger partial charge in [0.2, 0.25) is 5.91 Å². The minimum Gasteiger partial charge on any atom is -0.463 e. The number of hydrogen-bond acceptors (Lipinski definition) is 4. The number of esters is 1. The summed E-state index contributed by atoms with van der Waals surface area (Å²) in [4.78, 5) is 22.1. The molecule has 0 bridgehead atoms. The molecule has 0 saturated carbocycles. The minimum atomic E-state index is -0.293. The molecule has 1 N–H and O–H groups in total. The number of ether oxygens (including phenoxy) is 2. The molecule has 5 heteroatoms. The number of carbonyl (C=O) groups excluding carboxylic acids is 2. The van der Waals surface area contributed by atoms with Gasteiger partial charge >= 0.3 is 5.97 Å². The molecule has 1 aliphatic heterocycles. The fourth-order valence-corrected chi connectivity index (χ4v) is 1.79. The summed E-state index contributed by atoms with van der Waals surface area (Å²) in [6, 6.07) is 0.0656. The van der Waals surface area contributed by atoms with Crippen LogP contribution >= 0.6 is 0 Å². The molecular weight excluding hydrogens is 234 g/mol. The lowest BCUT2D eigenvalue weighted by Crippen LogP contribution is -2.43. The van der Waals surface area contributed by atoms with Gasteiger partial charge in [-0.15, -0.1) is 6.58 Å². The Labute approximate surface area is 108 Å². The standard InChI is InChI=1S/C13H21NO4/c1-3-4-5-13(16)14-11-6-7-12(18-8-11)9-17-10(2)15/h3,11-12H,1,4-9H2,2H3,(H,14,16)/t11-,12-/m1/s1. The Kier molecular flexibility index (Phi) is 6.43. The van der Waals surface area contributed by atoms with Crippen LogP contribution in [0.4, 0.5) is 0 Å². The summed E-state index contributed by atoms with van der Waals surface area (Å²) in [6.07, 6.45) is 4.48. The average molecular weight is 255 g/mol. The van der Waals surface area contributed by atoms with Crippen molar-refractivity contribution in [1.82, 2.24) is 5.32 Å². The molecule has 0 spiro atoms. The van der Waals surface area contributed by atoms with E-state index >= 15 is 0 Å². The zero-order valence-corrected chi connectivity index (χ0v) is 10.8. The first-order chi connectivity index (χ1) is 8.61. The normalized spacial score (nSPS) is 23.2.